The number of aliphatic imine (C=N–C) groups is 1. The number of imidazole rings is 1. The molecule has 1 aromatic heterocycles. The second-order valence-electron chi connectivity index (χ2n) is 6.75. The number of ether oxygens (including phenoxy) is 1. The van der Waals surface area contributed by atoms with Crippen molar-refractivity contribution in [1.29, 1.82) is 0 Å². The molecule has 6 heteroatoms. The lowest BCUT2D eigenvalue weighted by Crippen LogP contribution is -2.40. The zero-order chi connectivity index (χ0) is 18.9. The smallest absolute Gasteiger partial charge is 0.191 e. The zero-order valence-corrected chi connectivity index (χ0v) is 16.7. The summed E-state index contributed by atoms with van der Waals surface area (Å²) < 4.78 is 8.03. The summed E-state index contributed by atoms with van der Waals surface area (Å²) in [6, 6.07) is 8.24. The SMILES string of the molecule is CCOC(CCNC(=NC)NCCn1c(C)nc2ccccc21)C(C)C. The molecular weight excluding hydrogens is 326 g/mol. The summed E-state index contributed by atoms with van der Waals surface area (Å²) in [4.78, 5) is 8.92. The number of benzene rings is 1. The molecule has 0 aliphatic carbocycles. The third-order valence-electron chi connectivity index (χ3n) is 4.54. The summed E-state index contributed by atoms with van der Waals surface area (Å²) in [5.74, 6) is 2.38. The lowest BCUT2D eigenvalue weighted by Gasteiger charge is -2.21. The zero-order valence-electron chi connectivity index (χ0n) is 16.7. The van der Waals surface area contributed by atoms with Gasteiger partial charge < -0.3 is 19.9 Å². The number of hydrogen-bond acceptors (Lipinski definition) is 3. The van der Waals surface area contributed by atoms with E-state index in [4.69, 9.17) is 4.74 Å². The summed E-state index contributed by atoms with van der Waals surface area (Å²) in [5, 5.41) is 6.76. The average molecular weight is 360 g/mol. The van der Waals surface area contributed by atoms with Gasteiger partial charge in [0.2, 0.25) is 0 Å². The minimum atomic E-state index is 0.283. The predicted molar refractivity (Wildman–Crippen MR) is 109 cm³/mol. The molecule has 6 nitrogen and oxygen atoms in total. The van der Waals surface area contributed by atoms with E-state index in [1.807, 2.05) is 19.9 Å². The first-order valence-electron chi connectivity index (χ1n) is 9.54. The van der Waals surface area contributed by atoms with Crippen molar-refractivity contribution in [2.24, 2.45) is 10.9 Å². The van der Waals surface area contributed by atoms with Gasteiger partial charge in [0.05, 0.1) is 17.1 Å². The first-order chi connectivity index (χ1) is 12.6. The van der Waals surface area contributed by atoms with Crippen molar-refractivity contribution in [3.8, 4) is 0 Å². The van der Waals surface area contributed by atoms with E-state index in [1.165, 1.54) is 5.52 Å². The van der Waals surface area contributed by atoms with Crippen LogP contribution in [0.1, 0.15) is 33.0 Å². The van der Waals surface area contributed by atoms with Gasteiger partial charge in [0.15, 0.2) is 5.96 Å². The average Bonchev–Trinajstić information content (AvgIpc) is 2.94. The van der Waals surface area contributed by atoms with Gasteiger partial charge in [-0.3, -0.25) is 4.99 Å². The Morgan fingerprint density at radius 1 is 1.23 bits per heavy atom. The number of hydrogen-bond donors (Lipinski definition) is 2. The molecule has 144 valence electrons. The lowest BCUT2D eigenvalue weighted by atomic mass is 10.0. The van der Waals surface area contributed by atoms with Crippen LogP contribution in [0.5, 0.6) is 0 Å². The highest BCUT2D eigenvalue weighted by atomic mass is 16.5. The normalized spacial score (nSPS) is 13.4. The van der Waals surface area contributed by atoms with E-state index in [-0.39, 0.29) is 6.10 Å². The van der Waals surface area contributed by atoms with E-state index in [1.54, 1.807) is 7.05 Å². The summed E-state index contributed by atoms with van der Waals surface area (Å²) in [5.41, 5.74) is 2.22. The van der Waals surface area contributed by atoms with E-state index in [2.05, 4.69) is 57.2 Å². The number of guanidine groups is 1. The molecule has 0 bridgehead atoms. The van der Waals surface area contributed by atoms with Crippen LogP contribution in [0.3, 0.4) is 0 Å². The van der Waals surface area contributed by atoms with Gasteiger partial charge in [0, 0.05) is 33.3 Å². The van der Waals surface area contributed by atoms with Crippen LogP contribution < -0.4 is 10.6 Å². The molecule has 0 amide bonds. The summed E-state index contributed by atoms with van der Waals surface area (Å²) >= 11 is 0. The summed E-state index contributed by atoms with van der Waals surface area (Å²) in [7, 11) is 1.80. The van der Waals surface area contributed by atoms with Gasteiger partial charge in [0.1, 0.15) is 5.82 Å². The second kappa shape index (κ2) is 10.2. The van der Waals surface area contributed by atoms with Crippen molar-refractivity contribution >= 4 is 17.0 Å². The molecule has 2 aromatic rings. The number of nitrogens with zero attached hydrogens (tertiary/aromatic N) is 3. The molecule has 1 unspecified atom stereocenters. The number of aryl methyl sites for hydroxylation is 1. The molecule has 26 heavy (non-hydrogen) atoms. The Morgan fingerprint density at radius 2 is 1.96 bits per heavy atom. The number of rotatable bonds is 9. The van der Waals surface area contributed by atoms with Gasteiger partial charge >= 0.3 is 0 Å². The van der Waals surface area contributed by atoms with Crippen LogP contribution >= 0.6 is 0 Å². The Hall–Kier alpha value is -2.08. The van der Waals surface area contributed by atoms with Crippen LogP contribution in [-0.2, 0) is 11.3 Å². The minimum Gasteiger partial charge on any atom is -0.378 e. The van der Waals surface area contributed by atoms with Crippen molar-refractivity contribution in [2.45, 2.75) is 46.8 Å². The number of para-hydroxylation sites is 2. The molecule has 0 spiro atoms. The van der Waals surface area contributed by atoms with Crippen molar-refractivity contribution < 1.29 is 4.74 Å². The van der Waals surface area contributed by atoms with Crippen LogP contribution in [0.4, 0.5) is 0 Å². The maximum atomic E-state index is 5.79. The molecule has 0 saturated heterocycles. The predicted octanol–water partition coefficient (Wildman–Crippen LogP) is 2.96. The van der Waals surface area contributed by atoms with Crippen LogP contribution in [0, 0.1) is 12.8 Å². The molecule has 0 saturated carbocycles. The highest BCUT2D eigenvalue weighted by Crippen LogP contribution is 2.14. The standard InChI is InChI=1S/C20H33N5O/c1-6-26-19(15(2)3)11-12-22-20(21-5)23-13-14-25-16(4)24-17-9-7-8-10-18(17)25/h7-10,15,19H,6,11-14H2,1-5H3,(H2,21,22,23). The largest absolute Gasteiger partial charge is 0.378 e. The third kappa shape index (κ3) is 5.46. The quantitative estimate of drug-likeness (QED) is 0.534. The molecule has 1 aromatic carbocycles. The molecule has 0 radical (unpaired) electrons. The third-order valence-corrected chi connectivity index (χ3v) is 4.54. The fraction of sp³-hybridized carbons (Fsp3) is 0.600. The van der Waals surface area contributed by atoms with Crippen molar-refractivity contribution in [1.82, 2.24) is 20.2 Å². The molecule has 1 heterocycles. The van der Waals surface area contributed by atoms with E-state index in [0.29, 0.717) is 5.92 Å². The monoisotopic (exact) mass is 359 g/mol. The minimum absolute atomic E-state index is 0.283. The molecule has 0 aliphatic heterocycles. The Bertz CT molecular complexity index is 707. The topological polar surface area (TPSA) is 63.5 Å². The van der Waals surface area contributed by atoms with E-state index in [9.17, 15) is 0 Å². The fourth-order valence-electron chi connectivity index (χ4n) is 3.14. The first-order valence-corrected chi connectivity index (χ1v) is 9.54. The molecule has 1 atom stereocenters. The molecule has 2 N–H and O–H groups in total. The number of aromatic nitrogens is 2. The van der Waals surface area contributed by atoms with Crippen LogP contribution in [0.2, 0.25) is 0 Å². The molecule has 0 fully saturated rings. The fourth-order valence-corrected chi connectivity index (χ4v) is 3.14. The van der Waals surface area contributed by atoms with Crippen molar-refractivity contribution in [2.75, 3.05) is 26.7 Å². The molecular formula is C20H33N5O. The van der Waals surface area contributed by atoms with Crippen molar-refractivity contribution in [3.63, 3.8) is 0 Å². The van der Waals surface area contributed by atoms with Gasteiger partial charge in [-0.2, -0.15) is 0 Å². The highest BCUT2D eigenvalue weighted by Gasteiger charge is 2.13. The summed E-state index contributed by atoms with van der Waals surface area (Å²) in [6.45, 7) is 11.7. The van der Waals surface area contributed by atoms with E-state index >= 15 is 0 Å². The van der Waals surface area contributed by atoms with Gasteiger partial charge in [-0.25, -0.2) is 4.98 Å². The van der Waals surface area contributed by atoms with E-state index < -0.39 is 0 Å². The van der Waals surface area contributed by atoms with E-state index in [0.717, 1.165) is 50.0 Å². The van der Waals surface area contributed by atoms with Gasteiger partial charge in [-0.15, -0.1) is 0 Å². The van der Waals surface area contributed by atoms with Gasteiger partial charge in [-0.1, -0.05) is 26.0 Å². The maximum absolute atomic E-state index is 5.79. The van der Waals surface area contributed by atoms with Gasteiger partial charge in [0.25, 0.3) is 0 Å². The lowest BCUT2D eigenvalue weighted by molar-refractivity contribution is 0.0258. The molecule has 0 aliphatic rings. The van der Waals surface area contributed by atoms with Crippen LogP contribution in [0.25, 0.3) is 11.0 Å². The Kier molecular flexibility index (Phi) is 7.91. The van der Waals surface area contributed by atoms with Gasteiger partial charge in [-0.05, 0) is 38.3 Å². The first kappa shape index (κ1) is 20.2. The molecule has 2 rings (SSSR count). The number of nitrogens with one attached hydrogen (secondary N) is 2. The highest BCUT2D eigenvalue weighted by molar-refractivity contribution is 5.79. The number of fused-ring (bicyclic) bond motifs is 1. The van der Waals surface area contributed by atoms with Crippen LogP contribution in [0.15, 0.2) is 29.3 Å². The second-order valence-corrected chi connectivity index (χ2v) is 6.75. The Labute approximate surface area is 157 Å². The van der Waals surface area contributed by atoms with Crippen molar-refractivity contribution in [3.05, 3.63) is 30.1 Å². The Balaban J connectivity index is 1.81. The van der Waals surface area contributed by atoms with Crippen LogP contribution in [-0.4, -0.2) is 48.4 Å². The Morgan fingerprint density at radius 3 is 2.65 bits per heavy atom. The summed E-state index contributed by atoms with van der Waals surface area (Å²) in [6.07, 6.45) is 1.25. The maximum Gasteiger partial charge on any atom is 0.191 e.